The molecule has 1 aromatic carbocycles. The highest BCUT2D eigenvalue weighted by Gasteiger charge is 2.18. The predicted molar refractivity (Wildman–Crippen MR) is 111 cm³/mol. The number of fused-ring (bicyclic) bond motifs is 1. The van der Waals surface area contributed by atoms with E-state index in [-0.39, 0.29) is 19.0 Å². The van der Waals surface area contributed by atoms with Gasteiger partial charge >= 0.3 is 12.0 Å². The number of para-hydroxylation sites is 2. The summed E-state index contributed by atoms with van der Waals surface area (Å²) in [4.78, 5) is 21.1. The van der Waals surface area contributed by atoms with Crippen molar-refractivity contribution >= 4 is 17.0 Å². The van der Waals surface area contributed by atoms with Gasteiger partial charge in [0.2, 0.25) is 0 Å². The zero-order chi connectivity index (χ0) is 21.8. The van der Waals surface area contributed by atoms with Crippen LogP contribution in [-0.2, 0) is 29.6 Å². The van der Waals surface area contributed by atoms with Crippen molar-refractivity contribution in [3.63, 3.8) is 0 Å². The van der Waals surface area contributed by atoms with Gasteiger partial charge in [-0.3, -0.25) is 9.78 Å². The fraction of sp³-hybridized carbons (Fsp3) is 0.333. The maximum absolute atomic E-state index is 12.0. The number of pyridine rings is 1. The molecule has 10 heteroatoms. The number of aromatic nitrogens is 7. The Morgan fingerprint density at radius 3 is 2.65 bits per heavy atom. The summed E-state index contributed by atoms with van der Waals surface area (Å²) in [5, 5.41) is 11.7. The maximum Gasteiger partial charge on any atom is 0.311 e. The second kappa shape index (κ2) is 8.90. The van der Waals surface area contributed by atoms with Crippen LogP contribution in [0.15, 0.2) is 42.5 Å². The summed E-state index contributed by atoms with van der Waals surface area (Å²) in [6.45, 7) is 4.56. The summed E-state index contributed by atoms with van der Waals surface area (Å²) >= 11 is 0. The molecule has 0 aliphatic rings. The Labute approximate surface area is 178 Å². The number of imidazole rings is 1. The molecule has 0 spiro atoms. The van der Waals surface area contributed by atoms with Gasteiger partial charge in [-0.2, -0.15) is 4.98 Å². The van der Waals surface area contributed by atoms with Crippen LogP contribution in [0.2, 0.25) is 0 Å². The molecule has 4 aromatic rings. The van der Waals surface area contributed by atoms with Gasteiger partial charge in [-0.15, -0.1) is 0 Å². The first-order valence-corrected chi connectivity index (χ1v) is 9.94. The van der Waals surface area contributed by atoms with Crippen molar-refractivity contribution in [1.29, 1.82) is 0 Å². The Bertz CT molecular complexity index is 1200. The topological polar surface area (TPSA) is 110 Å². The molecule has 0 atom stereocenters. The van der Waals surface area contributed by atoms with Crippen molar-refractivity contribution in [3.8, 4) is 12.0 Å². The molecule has 31 heavy (non-hydrogen) atoms. The van der Waals surface area contributed by atoms with Gasteiger partial charge in [-0.1, -0.05) is 37.1 Å². The van der Waals surface area contributed by atoms with E-state index in [1.807, 2.05) is 50.2 Å². The fourth-order valence-corrected chi connectivity index (χ4v) is 3.01. The quantitative estimate of drug-likeness (QED) is 0.399. The van der Waals surface area contributed by atoms with Crippen molar-refractivity contribution in [2.24, 2.45) is 13.0 Å². The van der Waals surface area contributed by atoms with Gasteiger partial charge in [0, 0.05) is 7.05 Å². The zero-order valence-corrected chi connectivity index (χ0v) is 17.6. The number of benzene rings is 1. The van der Waals surface area contributed by atoms with Crippen LogP contribution in [0, 0.1) is 5.92 Å². The SMILES string of the molecule is CC(C)COC(=O)Cc1cccc(COc2nc3ccccc3n2-c2nnnn2C)n1. The number of aryl methyl sites for hydroxylation is 1. The lowest BCUT2D eigenvalue weighted by molar-refractivity contribution is -0.143. The minimum atomic E-state index is -0.296. The number of hydrogen-bond acceptors (Lipinski definition) is 8. The van der Waals surface area contributed by atoms with Crippen LogP contribution in [0.3, 0.4) is 0 Å². The highest BCUT2D eigenvalue weighted by Crippen LogP contribution is 2.25. The molecule has 0 aliphatic carbocycles. The Morgan fingerprint density at radius 1 is 1.06 bits per heavy atom. The molecule has 0 unspecified atom stereocenters. The van der Waals surface area contributed by atoms with Crippen molar-refractivity contribution < 1.29 is 14.3 Å². The lowest BCUT2D eigenvalue weighted by Crippen LogP contribution is -2.13. The van der Waals surface area contributed by atoms with Crippen molar-refractivity contribution in [3.05, 3.63) is 53.9 Å². The van der Waals surface area contributed by atoms with Crippen LogP contribution in [0.4, 0.5) is 0 Å². The molecule has 160 valence electrons. The Balaban J connectivity index is 1.52. The molecule has 0 aliphatic heterocycles. The number of ether oxygens (including phenoxy) is 2. The smallest absolute Gasteiger partial charge is 0.311 e. The van der Waals surface area contributed by atoms with Crippen molar-refractivity contribution in [1.82, 2.24) is 34.7 Å². The van der Waals surface area contributed by atoms with Gasteiger partial charge in [0.1, 0.15) is 6.61 Å². The summed E-state index contributed by atoms with van der Waals surface area (Å²) in [5.41, 5.74) is 2.88. The van der Waals surface area contributed by atoms with Crippen LogP contribution >= 0.6 is 0 Å². The lowest BCUT2D eigenvalue weighted by atomic mass is 10.2. The molecule has 0 bridgehead atoms. The van der Waals surface area contributed by atoms with Crippen LogP contribution in [-0.4, -0.2) is 47.3 Å². The predicted octanol–water partition coefficient (Wildman–Crippen LogP) is 2.26. The van der Waals surface area contributed by atoms with Crippen molar-refractivity contribution in [2.45, 2.75) is 26.9 Å². The summed E-state index contributed by atoms with van der Waals surface area (Å²) in [7, 11) is 1.75. The number of carbonyl (C=O) groups is 1. The van der Waals surface area contributed by atoms with Gasteiger partial charge in [-0.05, 0) is 40.6 Å². The molecule has 3 heterocycles. The molecular weight excluding hydrogens is 398 g/mol. The van der Waals surface area contributed by atoms with E-state index in [1.165, 1.54) is 0 Å². The van der Waals surface area contributed by atoms with Gasteiger partial charge in [0.25, 0.3) is 5.95 Å². The van der Waals surface area contributed by atoms with E-state index in [2.05, 4.69) is 25.5 Å². The lowest BCUT2D eigenvalue weighted by Gasteiger charge is -2.09. The van der Waals surface area contributed by atoms with Crippen LogP contribution in [0.25, 0.3) is 17.0 Å². The highest BCUT2D eigenvalue weighted by atomic mass is 16.5. The van der Waals surface area contributed by atoms with E-state index in [0.717, 1.165) is 11.0 Å². The normalized spacial score (nSPS) is 11.2. The van der Waals surface area contributed by atoms with E-state index >= 15 is 0 Å². The first-order chi connectivity index (χ1) is 15.0. The largest absolute Gasteiger partial charge is 0.465 e. The Kier molecular flexibility index (Phi) is 5.87. The van der Waals surface area contributed by atoms with E-state index in [9.17, 15) is 4.79 Å². The minimum Gasteiger partial charge on any atom is -0.465 e. The van der Waals surface area contributed by atoms with Gasteiger partial charge in [0.15, 0.2) is 0 Å². The highest BCUT2D eigenvalue weighted by molar-refractivity contribution is 5.78. The van der Waals surface area contributed by atoms with E-state index < -0.39 is 0 Å². The first-order valence-electron chi connectivity index (χ1n) is 9.94. The van der Waals surface area contributed by atoms with Crippen LogP contribution in [0.5, 0.6) is 6.01 Å². The van der Waals surface area contributed by atoms with Crippen LogP contribution in [0.1, 0.15) is 25.2 Å². The third kappa shape index (κ3) is 4.68. The van der Waals surface area contributed by atoms with E-state index in [1.54, 1.807) is 22.4 Å². The molecule has 0 amide bonds. The zero-order valence-electron chi connectivity index (χ0n) is 17.6. The molecule has 0 saturated heterocycles. The Morgan fingerprint density at radius 2 is 1.87 bits per heavy atom. The van der Waals surface area contributed by atoms with Gasteiger partial charge in [0.05, 0.1) is 35.4 Å². The minimum absolute atomic E-state index is 0.115. The van der Waals surface area contributed by atoms with Crippen molar-refractivity contribution in [2.75, 3.05) is 6.61 Å². The fourth-order valence-electron chi connectivity index (χ4n) is 3.01. The molecule has 0 fully saturated rings. The summed E-state index contributed by atoms with van der Waals surface area (Å²) < 4.78 is 14.5. The number of rotatable bonds is 8. The average molecular weight is 421 g/mol. The number of tetrazole rings is 1. The molecule has 0 N–H and O–H groups in total. The molecule has 0 saturated carbocycles. The molecule has 3 aromatic heterocycles. The second-order valence-corrected chi connectivity index (χ2v) is 7.48. The van der Waals surface area contributed by atoms with E-state index in [4.69, 9.17) is 9.47 Å². The van der Waals surface area contributed by atoms with Gasteiger partial charge in [-0.25, -0.2) is 9.25 Å². The molecular formula is C21H23N7O3. The summed E-state index contributed by atoms with van der Waals surface area (Å²) in [6.07, 6.45) is 0.115. The standard InChI is InChI=1S/C21H23N7O3/c1-14(2)12-30-19(29)11-15-7-6-8-16(22-15)13-31-21-23-17-9-4-5-10-18(17)28(21)20-24-25-26-27(20)3/h4-10,14H,11-13H2,1-3H3. The third-order valence-electron chi connectivity index (χ3n) is 4.44. The maximum atomic E-state index is 12.0. The first kappa shape index (κ1) is 20.5. The number of hydrogen-bond donors (Lipinski definition) is 0. The van der Waals surface area contributed by atoms with E-state index in [0.29, 0.717) is 35.9 Å². The second-order valence-electron chi connectivity index (χ2n) is 7.48. The molecule has 10 nitrogen and oxygen atoms in total. The molecule has 4 rings (SSSR count). The number of carbonyl (C=O) groups excluding carboxylic acids is 1. The Hall–Kier alpha value is -3.82. The third-order valence-corrected chi connectivity index (χ3v) is 4.44. The summed E-state index contributed by atoms with van der Waals surface area (Å²) in [6, 6.07) is 13.4. The number of nitrogens with zero attached hydrogens (tertiary/aromatic N) is 7. The number of esters is 1. The summed E-state index contributed by atoms with van der Waals surface area (Å²) in [5.74, 6) is 0.481. The van der Waals surface area contributed by atoms with Crippen LogP contribution < -0.4 is 4.74 Å². The van der Waals surface area contributed by atoms with Gasteiger partial charge < -0.3 is 9.47 Å². The molecule has 0 radical (unpaired) electrons. The average Bonchev–Trinajstić information content (AvgIpc) is 3.33. The monoisotopic (exact) mass is 421 g/mol.